The van der Waals surface area contributed by atoms with Crippen molar-refractivity contribution in [3.63, 3.8) is 0 Å². The summed E-state index contributed by atoms with van der Waals surface area (Å²) in [6.07, 6.45) is 0.848. The number of nitrogens with zero attached hydrogens (tertiary/aromatic N) is 1. The van der Waals surface area contributed by atoms with Gasteiger partial charge >= 0.3 is 12.0 Å². The second-order valence-corrected chi connectivity index (χ2v) is 4.78. The molecule has 0 fully saturated rings. The van der Waals surface area contributed by atoms with Gasteiger partial charge in [-0.2, -0.15) is 0 Å². The number of para-hydroxylation sites is 1. The largest absolute Gasteiger partial charge is 0.478 e. The molecule has 0 bridgehead atoms. The van der Waals surface area contributed by atoms with E-state index in [-0.39, 0.29) is 17.6 Å². The van der Waals surface area contributed by atoms with Crippen molar-refractivity contribution in [2.75, 3.05) is 11.9 Å². The number of carboxylic acids is 1. The van der Waals surface area contributed by atoms with Gasteiger partial charge in [0.15, 0.2) is 0 Å². The SMILES string of the molecule is CCC(C)N(CC)C(=O)Nc1c(C)cccc1C(=O)O. The molecule has 0 saturated carbocycles. The standard InChI is InChI=1S/C15H22N2O3/c1-5-11(4)17(6-2)15(20)16-13-10(3)8-7-9-12(13)14(18)19/h7-9,11H,5-6H2,1-4H3,(H,16,20)(H,18,19). The lowest BCUT2D eigenvalue weighted by Gasteiger charge is -2.28. The van der Waals surface area contributed by atoms with E-state index in [9.17, 15) is 14.7 Å². The van der Waals surface area contributed by atoms with Crippen LogP contribution in [0.2, 0.25) is 0 Å². The van der Waals surface area contributed by atoms with Gasteiger partial charge < -0.3 is 15.3 Å². The predicted octanol–water partition coefficient (Wildman–Crippen LogP) is 3.35. The number of rotatable bonds is 5. The molecule has 0 spiro atoms. The van der Waals surface area contributed by atoms with Crippen molar-refractivity contribution in [2.24, 2.45) is 0 Å². The minimum Gasteiger partial charge on any atom is -0.478 e. The highest BCUT2D eigenvalue weighted by atomic mass is 16.4. The third-order valence-corrected chi connectivity index (χ3v) is 3.46. The van der Waals surface area contributed by atoms with Gasteiger partial charge in [0.2, 0.25) is 0 Å². The Kier molecular flexibility index (Phi) is 5.55. The molecule has 0 aliphatic carbocycles. The molecule has 1 aromatic rings. The average Bonchev–Trinajstić information content (AvgIpc) is 2.41. The quantitative estimate of drug-likeness (QED) is 0.867. The smallest absolute Gasteiger partial charge is 0.337 e. The number of carbonyl (C=O) groups excluding carboxylic acids is 1. The summed E-state index contributed by atoms with van der Waals surface area (Å²) in [5, 5.41) is 11.9. The zero-order valence-electron chi connectivity index (χ0n) is 12.4. The van der Waals surface area contributed by atoms with Crippen LogP contribution >= 0.6 is 0 Å². The number of aromatic carboxylic acids is 1. The Labute approximate surface area is 119 Å². The molecule has 1 aromatic carbocycles. The van der Waals surface area contributed by atoms with Crippen LogP contribution in [0.5, 0.6) is 0 Å². The fraction of sp³-hybridized carbons (Fsp3) is 0.467. The highest BCUT2D eigenvalue weighted by Gasteiger charge is 2.20. The van der Waals surface area contributed by atoms with E-state index in [0.717, 1.165) is 12.0 Å². The Hall–Kier alpha value is -2.04. The fourth-order valence-corrected chi connectivity index (χ4v) is 2.07. The number of urea groups is 1. The highest BCUT2D eigenvalue weighted by molar-refractivity contribution is 6.01. The summed E-state index contributed by atoms with van der Waals surface area (Å²) in [4.78, 5) is 25.2. The fourth-order valence-electron chi connectivity index (χ4n) is 2.07. The molecule has 5 heteroatoms. The maximum absolute atomic E-state index is 12.3. The molecule has 2 N–H and O–H groups in total. The van der Waals surface area contributed by atoms with Gasteiger partial charge in [-0.25, -0.2) is 9.59 Å². The molecule has 5 nitrogen and oxygen atoms in total. The van der Waals surface area contributed by atoms with Crippen LogP contribution in [0.1, 0.15) is 43.1 Å². The van der Waals surface area contributed by atoms with Crippen LogP contribution in [0.4, 0.5) is 10.5 Å². The van der Waals surface area contributed by atoms with Crippen LogP contribution in [0.15, 0.2) is 18.2 Å². The summed E-state index contributed by atoms with van der Waals surface area (Å²) in [5.41, 5.74) is 1.21. The van der Waals surface area contributed by atoms with E-state index in [4.69, 9.17) is 0 Å². The van der Waals surface area contributed by atoms with Crippen LogP contribution in [-0.4, -0.2) is 34.6 Å². The lowest BCUT2D eigenvalue weighted by molar-refractivity contribution is 0.0698. The summed E-state index contributed by atoms with van der Waals surface area (Å²) in [6, 6.07) is 4.78. The van der Waals surface area contributed by atoms with Crippen LogP contribution in [-0.2, 0) is 0 Å². The van der Waals surface area contributed by atoms with Gasteiger partial charge in [0.05, 0.1) is 11.3 Å². The van der Waals surface area contributed by atoms with E-state index in [1.165, 1.54) is 6.07 Å². The summed E-state index contributed by atoms with van der Waals surface area (Å²) in [6.45, 7) is 8.24. The van der Waals surface area contributed by atoms with Gasteiger partial charge in [0.25, 0.3) is 0 Å². The van der Waals surface area contributed by atoms with Crippen LogP contribution in [0.25, 0.3) is 0 Å². The third kappa shape index (κ3) is 3.50. The first-order chi connectivity index (χ1) is 9.42. The molecule has 0 radical (unpaired) electrons. The van der Waals surface area contributed by atoms with Crippen LogP contribution in [0.3, 0.4) is 0 Å². The summed E-state index contributed by atoms with van der Waals surface area (Å²) < 4.78 is 0. The molecule has 110 valence electrons. The van der Waals surface area contributed by atoms with Crippen molar-refractivity contribution in [3.05, 3.63) is 29.3 Å². The summed E-state index contributed by atoms with van der Waals surface area (Å²) in [7, 11) is 0. The van der Waals surface area contributed by atoms with Gasteiger partial charge in [0.1, 0.15) is 0 Å². The number of nitrogens with one attached hydrogen (secondary N) is 1. The maximum atomic E-state index is 12.3. The minimum absolute atomic E-state index is 0.109. The Balaban J connectivity index is 3.04. The van der Waals surface area contributed by atoms with Crippen LogP contribution < -0.4 is 5.32 Å². The van der Waals surface area contributed by atoms with Gasteiger partial charge in [-0.15, -0.1) is 0 Å². The lowest BCUT2D eigenvalue weighted by Crippen LogP contribution is -2.41. The molecule has 2 amide bonds. The van der Waals surface area contributed by atoms with E-state index < -0.39 is 5.97 Å². The van der Waals surface area contributed by atoms with Crippen LogP contribution in [0, 0.1) is 6.92 Å². The molecule has 1 unspecified atom stereocenters. The van der Waals surface area contributed by atoms with Crippen molar-refractivity contribution in [3.8, 4) is 0 Å². The number of hydrogen-bond donors (Lipinski definition) is 2. The van der Waals surface area contributed by atoms with E-state index in [0.29, 0.717) is 12.2 Å². The Morgan fingerprint density at radius 2 is 2.00 bits per heavy atom. The summed E-state index contributed by atoms with van der Waals surface area (Å²) in [5.74, 6) is -1.05. The monoisotopic (exact) mass is 278 g/mol. The molecule has 0 aliphatic heterocycles. The number of amides is 2. The number of aryl methyl sites for hydroxylation is 1. The normalized spacial score (nSPS) is 11.8. The van der Waals surface area contributed by atoms with Gasteiger partial charge in [0, 0.05) is 12.6 Å². The maximum Gasteiger partial charge on any atom is 0.337 e. The molecule has 20 heavy (non-hydrogen) atoms. The number of benzene rings is 1. The van der Waals surface area contributed by atoms with E-state index >= 15 is 0 Å². The first kappa shape index (κ1) is 16.0. The van der Waals surface area contributed by atoms with E-state index in [1.54, 1.807) is 24.0 Å². The third-order valence-electron chi connectivity index (χ3n) is 3.46. The molecule has 1 rings (SSSR count). The number of carbonyl (C=O) groups is 2. The molecular weight excluding hydrogens is 256 g/mol. The Bertz CT molecular complexity index is 500. The molecule has 0 aromatic heterocycles. The first-order valence-electron chi connectivity index (χ1n) is 6.82. The zero-order valence-corrected chi connectivity index (χ0v) is 12.4. The molecular formula is C15H22N2O3. The second-order valence-electron chi connectivity index (χ2n) is 4.78. The lowest BCUT2D eigenvalue weighted by atomic mass is 10.1. The number of carboxylic acid groups (broad SMARTS) is 1. The first-order valence-corrected chi connectivity index (χ1v) is 6.82. The van der Waals surface area contributed by atoms with E-state index in [2.05, 4.69) is 5.32 Å². The minimum atomic E-state index is -1.05. The Morgan fingerprint density at radius 1 is 1.35 bits per heavy atom. The van der Waals surface area contributed by atoms with Gasteiger partial charge in [-0.1, -0.05) is 19.1 Å². The predicted molar refractivity (Wildman–Crippen MR) is 79.3 cm³/mol. The van der Waals surface area contributed by atoms with Crippen molar-refractivity contribution in [1.82, 2.24) is 4.90 Å². The Morgan fingerprint density at radius 3 is 2.50 bits per heavy atom. The highest BCUT2D eigenvalue weighted by Crippen LogP contribution is 2.21. The van der Waals surface area contributed by atoms with Gasteiger partial charge in [-0.3, -0.25) is 0 Å². The number of anilines is 1. The van der Waals surface area contributed by atoms with Gasteiger partial charge in [-0.05, 0) is 38.8 Å². The topological polar surface area (TPSA) is 69.6 Å². The van der Waals surface area contributed by atoms with Crippen molar-refractivity contribution < 1.29 is 14.7 Å². The second kappa shape index (κ2) is 6.93. The van der Waals surface area contributed by atoms with Crippen molar-refractivity contribution >= 4 is 17.7 Å². The molecule has 0 saturated heterocycles. The number of hydrogen-bond acceptors (Lipinski definition) is 2. The molecule has 0 heterocycles. The van der Waals surface area contributed by atoms with Crippen molar-refractivity contribution in [1.29, 1.82) is 0 Å². The molecule has 1 atom stereocenters. The average molecular weight is 278 g/mol. The zero-order chi connectivity index (χ0) is 15.3. The molecule has 0 aliphatic rings. The summed E-state index contributed by atoms with van der Waals surface area (Å²) >= 11 is 0. The van der Waals surface area contributed by atoms with Crippen molar-refractivity contribution in [2.45, 2.75) is 40.2 Å². The van der Waals surface area contributed by atoms with E-state index in [1.807, 2.05) is 20.8 Å².